The third-order valence-electron chi connectivity index (χ3n) is 9.63. The van der Waals surface area contributed by atoms with Crippen molar-refractivity contribution in [1.82, 2.24) is 0 Å². The second kappa shape index (κ2) is 10.4. The quantitative estimate of drug-likeness (QED) is 0.215. The van der Waals surface area contributed by atoms with Crippen LogP contribution in [0.5, 0.6) is 0 Å². The van der Waals surface area contributed by atoms with Gasteiger partial charge in [0.05, 0.1) is 17.1 Å². The normalized spacial score (nSPS) is 47.9. The van der Waals surface area contributed by atoms with Crippen LogP contribution in [0.3, 0.4) is 0 Å². The van der Waals surface area contributed by atoms with E-state index in [0.29, 0.717) is 0 Å². The van der Waals surface area contributed by atoms with Crippen molar-refractivity contribution in [2.24, 2.45) is 17.3 Å². The van der Waals surface area contributed by atoms with E-state index < -0.39 is 107 Å². The van der Waals surface area contributed by atoms with Crippen molar-refractivity contribution in [1.29, 1.82) is 0 Å². The Balaban J connectivity index is 2.10. The zero-order valence-corrected chi connectivity index (χ0v) is 24.9. The highest BCUT2D eigenvalue weighted by Crippen LogP contribution is 2.61. The Hall–Kier alpha value is -2.81. The van der Waals surface area contributed by atoms with Gasteiger partial charge in [0.1, 0.15) is 30.5 Å². The van der Waals surface area contributed by atoms with E-state index in [0.717, 1.165) is 34.6 Å². The highest BCUT2D eigenvalue weighted by Gasteiger charge is 2.80. The SMILES string of the molecule is CC(=O)OC1CC2(C)OC2C2OC(=O)C(C)(O)C2(O)C(OC(C)=O)C2C(C)C(O)CC(OC(C)=O)C2(C)C1OC(C)=O. The molecule has 2 aliphatic heterocycles. The summed E-state index contributed by atoms with van der Waals surface area (Å²) in [6, 6.07) is 0. The van der Waals surface area contributed by atoms with Crippen molar-refractivity contribution < 1.29 is 67.7 Å². The highest BCUT2D eigenvalue weighted by molar-refractivity contribution is 5.84. The predicted octanol–water partition coefficient (Wildman–Crippen LogP) is -0.295. The molecular formula is C28H40O14. The van der Waals surface area contributed by atoms with Crippen molar-refractivity contribution >= 4 is 29.8 Å². The summed E-state index contributed by atoms with van der Waals surface area (Å²) in [6.45, 7) is 10.2. The van der Waals surface area contributed by atoms with E-state index in [1.54, 1.807) is 13.8 Å². The number of aliphatic hydroxyl groups is 3. The Morgan fingerprint density at radius 3 is 1.88 bits per heavy atom. The summed E-state index contributed by atoms with van der Waals surface area (Å²) < 4.78 is 34.5. The van der Waals surface area contributed by atoms with Gasteiger partial charge < -0.3 is 43.7 Å². The standard InChI is InChI=1S/C28H40O14/c1-11-16(33)9-18(38-13(3)30)26(7)19(11)21(40-15(5)32)28(36)23(41-24(34)27(28,8)35)22-25(6,42-22)10-17(37-12(2)29)20(26)39-14(4)31/h11,16-23,33,35-36H,9-10H2,1-8H3. The van der Waals surface area contributed by atoms with Gasteiger partial charge in [-0.2, -0.15) is 0 Å². The molecule has 3 N–H and O–H groups in total. The first kappa shape index (κ1) is 32.1. The summed E-state index contributed by atoms with van der Waals surface area (Å²) in [5.41, 5.74) is -8.27. The van der Waals surface area contributed by atoms with Crippen LogP contribution in [0.15, 0.2) is 0 Å². The van der Waals surface area contributed by atoms with Crippen LogP contribution in [-0.4, -0.2) is 105 Å². The Morgan fingerprint density at radius 1 is 0.833 bits per heavy atom. The number of ether oxygens (including phenoxy) is 6. The van der Waals surface area contributed by atoms with Crippen LogP contribution < -0.4 is 0 Å². The molecule has 0 spiro atoms. The lowest BCUT2D eigenvalue weighted by molar-refractivity contribution is -0.276. The van der Waals surface area contributed by atoms with Gasteiger partial charge in [0.15, 0.2) is 17.3 Å². The van der Waals surface area contributed by atoms with Crippen molar-refractivity contribution in [3.8, 4) is 0 Å². The van der Waals surface area contributed by atoms with Crippen LogP contribution in [0.4, 0.5) is 0 Å². The molecule has 2 heterocycles. The van der Waals surface area contributed by atoms with E-state index in [4.69, 9.17) is 28.4 Å². The zero-order chi connectivity index (χ0) is 31.7. The molecule has 2 saturated carbocycles. The van der Waals surface area contributed by atoms with E-state index in [1.807, 2.05) is 0 Å². The molecule has 14 nitrogen and oxygen atoms in total. The fraction of sp³-hybridized carbons (Fsp3) is 0.821. The summed E-state index contributed by atoms with van der Waals surface area (Å²) >= 11 is 0. The van der Waals surface area contributed by atoms with Crippen molar-refractivity contribution in [2.75, 3.05) is 0 Å². The smallest absolute Gasteiger partial charge is 0.341 e. The molecule has 42 heavy (non-hydrogen) atoms. The van der Waals surface area contributed by atoms with Crippen LogP contribution >= 0.6 is 0 Å². The van der Waals surface area contributed by atoms with Gasteiger partial charge in [-0.05, 0) is 19.8 Å². The maximum Gasteiger partial charge on any atom is 0.341 e. The molecule has 0 amide bonds. The van der Waals surface area contributed by atoms with Gasteiger partial charge in [0.2, 0.25) is 0 Å². The molecule has 2 saturated heterocycles. The van der Waals surface area contributed by atoms with Crippen LogP contribution in [-0.2, 0) is 52.4 Å². The topological polar surface area (TPSA) is 205 Å². The lowest BCUT2D eigenvalue weighted by atomic mass is 9.51. The monoisotopic (exact) mass is 600 g/mol. The van der Waals surface area contributed by atoms with Gasteiger partial charge in [-0.1, -0.05) is 13.8 Å². The summed E-state index contributed by atoms with van der Waals surface area (Å²) in [5.74, 6) is -6.63. The molecule has 4 rings (SSSR count). The first-order valence-corrected chi connectivity index (χ1v) is 13.9. The molecule has 0 radical (unpaired) electrons. The van der Waals surface area contributed by atoms with Crippen molar-refractivity contribution in [3.05, 3.63) is 0 Å². The third-order valence-corrected chi connectivity index (χ3v) is 9.63. The zero-order valence-electron chi connectivity index (χ0n) is 24.9. The number of fused-ring (bicyclic) bond motifs is 4. The fourth-order valence-corrected chi connectivity index (χ4v) is 7.57. The molecule has 4 aliphatic rings. The number of epoxide rings is 1. The fourth-order valence-electron chi connectivity index (χ4n) is 7.57. The lowest BCUT2D eigenvalue weighted by Crippen LogP contribution is -2.74. The first-order valence-electron chi connectivity index (χ1n) is 13.9. The number of carbonyl (C=O) groups is 5. The Labute approximate surface area is 242 Å². The van der Waals surface area contributed by atoms with Crippen LogP contribution in [0.2, 0.25) is 0 Å². The van der Waals surface area contributed by atoms with Gasteiger partial charge in [0, 0.05) is 46.5 Å². The van der Waals surface area contributed by atoms with Gasteiger partial charge in [-0.3, -0.25) is 19.2 Å². The first-order chi connectivity index (χ1) is 19.2. The van der Waals surface area contributed by atoms with Gasteiger partial charge >= 0.3 is 29.8 Å². The minimum atomic E-state index is -2.68. The molecular weight excluding hydrogens is 560 g/mol. The maximum absolute atomic E-state index is 13.1. The minimum absolute atomic E-state index is 0.133. The van der Waals surface area contributed by atoms with E-state index in [9.17, 15) is 39.3 Å². The van der Waals surface area contributed by atoms with Gasteiger partial charge in [0.25, 0.3) is 0 Å². The summed E-state index contributed by atoms with van der Waals surface area (Å²) in [4.78, 5) is 63.2. The van der Waals surface area contributed by atoms with Crippen molar-refractivity contribution in [2.45, 2.75) is 128 Å². The summed E-state index contributed by atoms with van der Waals surface area (Å²) in [6.07, 6.45) is -9.96. The van der Waals surface area contributed by atoms with Crippen LogP contribution in [0.1, 0.15) is 68.2 Å². The molecule has 236 valence electrons. The molecule has 0 aromatic carbocycles. The van der Waals surface area contributed by atoms with E-state index >= 15 is 0 Å². The average molecular weight is 601 g/mol. The number of aliphatic hydroxyl groups excluding tert-OH is 1. The molecule has 0 aromatic heterocycles. The molecule has 13 unspecified atom stereocenters. The number of hydrogen-bond acceptors (Lipinski definition) is 14. The Morgan fingerprint density at radius 2 is 1.36 bits per heavy atom. The summed E-state index contributed by atoms with van der Waals surface area (Å²) in [7, 11) is 0. The van der Waals surface area contributed by atoms with Crippen LogP contribution in [0, 0.1) is 17.3 Å². The Kier molecular flexibility index (Phi) is 7.97. The second-order valence-electron chi connectivity index (χ2n) is 12.6. The van der Waals surface area contributed by atoms with E-state index in [2.05, 4.69) is 0 Å². The molecule has 0 bridgehead atoms. The molecule has 4 fully saturated rings. The molecule has 13 atom stereocenters. The lowest BCUT2D eigenvalue weighted by Gasteiger charge is -2.59. The number of hydrogen-bond donors (Lipinski definition) is 3. The van der Waals surface area contributed by atoms with Crippen LogP contribution in [0.25, 0.3) is 0 Å². The van der Waals surface area contributed by atoms with Crippen molar-refractivity contribution in [3.63, 3.8) is 0 Å². The molecule has 14 heteroatoms. The van der Waals surface area contributed by atoms with Gasteiger partial charge in [-0.15, -0.1) is 0 Å². The number of rotatable bonds is 4. The Bertz CT molecular complexity index is 1170. The second-order valence-corrected chi connectivity index (χ2v) is 12.6. The molecule has 0 aromatic rings. The summed E-state index contributed by atoms with van der Waals surface area (Å²) in [5, 5.41) is 35.3. The third kappa shape index (κ3) is 4.85. The predicted molar refractivity (Wildman–Crippen MR) is 137 cm³/mol. The highest BCUT2D eigenvalue weighted by atomic mass is 16.7. The maximum atomic E-state index is 13.1. The van der Waals surface area contributed by atoms with E-state index in [1.165, 1.54) is 6.92 Å². The molecule has 2 aliphatic carbocycles. The number of carbonyl (C=O) groups excluding carboxylic acids is 5. The van der Waals surface area contributed by atoms with E-state index in [-0.39, 0.29) is 12.8 Å². The van der Waals surface area contributed by atoms with Gasteiger partial charge in [-0.25, -0.2) is 4.79 Å². The minimum Gasteiger partial charge on any atom is -0.462 e. The largest absolute Gasteiger partial charge is 0.462 e. The average Bonchev–Trinajstić information content (AvgIpc) is 3.45. The number of esters is 5.